The molecule has 8 unspecified atom stereocenters. The molecule has 0 saturated carbocycles. The van der Waals surface area contributed by atoms with E-state index in [9.17, 15) is 63.0 Å². The Morgan fingerprint density at radius 3 is 1.12 bits per heavy atom. The minimum atomic E-state index is -1.95. The summed E-state index contributed by atoms with van der Waals surface area (Å²) in [6.45, 7) is 43.2. The average molecular weight is 1610 g/mol. The lowest BCUT2D eigenvalue weighted by Crippen LogP contribution is -2.42. The standard InChI is InChI=1S/C20H34ClNO3Si.C17H24ClNO5.C14H20ClNO3.C12H20O3.C11H18O4.C7H12O3/c1-8-24-19(23)15(2)10-9-11-18(17-14-16(21)12-13-22-17)25-26(6,7)20(3,4)5;1-4-23-15(21)17(3,16(22)24-5-2)9-6-7-14(20)13-11-12(18)8-10-19-13;1-3-19-14(18)10(2)5-4-6-13(17)12-9-11(15)7-8-16-12;1-5-7-8-9-12(4,10(3)13)11(14)15-6-2;1-4-15-10(14)11(3,9(2)13)7-5-6-8-12;1-4-10-7(9)5(2)6(3)8/h12-15,18H,8-11H2,1-7H3;8,10-11,14,20H,4-7,9H2,1-3H3;7-10,13,17H,3-6H2,1-2H3;5H,1,6-9H2,2-4H3;8H,4-7H2,1-3H3;5H,4H2,1-3H3. The quantitative estimate of drug-likeness (QED) is 0.0101. The van der Waals surface area contributed by atoms with Crippen molar-refractivity contribution < 1.29 is 101 Å². The molecule has 0 aliphatic carbocycles. The van der Waals surface area contributed by atoms with Crippen LogP contribution in [0.4, 0.5) is 0 Å². The van der Waals surface area contributed by atoms with Gasteiger partial charge in [-0.1, -0.05) is 75.5 Å². The summed E-state index contributed by atoms with van der Waals surface area (Å²) in [5.41, 5.74) is -1.58. The fourth-order valence-corrected chi connectivity index (χ4v) is 11.3. The van der Waals surface area contributed by atoms with Gasteiger partial charge in [0.15, 0.2) is 13.7 Å². The summed E-state index contributed by atoms with van der Waals surface area (Å²) < 4.78 is 41.0. The van der Waals surface area contributed by atoms with Gasteiger partial charge in [0.1, 0.15) is 40.4 Å². The van der Waals surface area contributed by atoms with E-state index in [0.717, 1.165) is 50.5 Å². The number of aliphatic hydroxyl groups is 2. The first-order valence-corrected chi connectivity index (χ1v) is 41.6. The van der Waals surface area contributed by atoms with Crippen molar-refractivity contribution in [2.75, 3.05) is 46.2 Å². The van der Waals surface area contributed by atoms with Crippen LogP contribution in [0.2, 0.25) is 33.2 Å². The highest BCUT2D eigenvalue weighted by Gasteiger charge is 2.45. The number of allylic oxidation sites excluding steroid dienone is 1. The Hall–Kier alpha value is -6.87. The van der Waals surface area contributed by atoms with Gasteiger partial charge in [-0.15, -0.1) is 6.58 Å². The summed E-state index contributed by atoms with van der Waals surface area (Å²) in [4.78, 5) is 138. The minimum absolute atomic E-state index is 0.101. The van der Waals surface area contributed by atoms with Crippen molar-refractivity contribution in [1.29, 1.82) is 0 Å². The van der Waals surface area contributed by atoms with Crippen molar-refractivity contribution in [3.05, 3.63) is 99.8 Å². The van der Waals surface area contributed by atoms with Crippen molar-refractivity contribution in [1.82, 2.24) is 15.0 Å². The van der Waals surface area contributed by atoms with E-state index in [4.69, 9.17) is 67.7 Å². The van der Waals surface area contributed by atoms with E-state index in [1.165, 1.54) is 33.9 Å². The van der Waals surface area contributed by atoms with E-state index in [1.807, 2.05) is 26.8 Å². The van der Waals surface area contributed by atoms with Gasteiger partial charge in [-0.25, -0.2) is 0 Å². The molecule has 0 aliphatic heterocycles. The molecule has 3 aromatic heterocycles. The number of ether oxygens (including phenoxy) is 7. The van der Waals surface area contributed by atoms with E-state index in [0.29, 0.717) is 104 Å². The number of aromatic nitrogens is 3. The van der Waals surface area contributed by atoms with Crippen LogP contribution in [0.15, 0.2) is 67.6 Å². The Morgan fingerprint density at radius 1 is 0.468 bits per heavy atom. The maximum absolute atomic E-state index is 12.2. The number of aliphatic hydroxyl groups excluding tert-OH is 2. The molecule has 0 radical (unpaired) electrons. The molecule has 0 aliphatic rings. The highest BCUT2D eigenvalue weighted by Crippen LogP contribution is 2.41. The number of hydrogen-bond acceptors (Lipinski definition) is 24. The smallest absolute Gasteiger partial charge is 0.323 e. The molecule has 618 valence electrons. The Labute approximate surface area is 664 Å². The zero-order valence-electron chi connectivity index (χ0n) is 68.7. The number of ketones is 3. The highest BCUT2D eigenvalue weighted by atomic mass is 35.5. The molecule has 0 spiro atoms. The van der Waals surface area contributed by atoms with Crippen LogP contribution < -0.4 is 0 Å². The van der Waals surface area contributed by atoms with E-state index < -0.39 is 72.5 Å². The van der Waals surface area contributed by atoms with Gasteiger partial charge in [-0.3, -0.25) is 62.9 Å². The lowest BCUT2D eigenvalue weighted by molar-refractivity contribution is -0.171. The predicted molar refractivity (Wildman–Crippen MR) is 424 cm³/mol. The average Bonchev–Trinajstić information content (AvgIpc) is 1.23. The monoisotopic (exact) mass is 1610 g/mol. The number of rotatable bonds is 42. The summed E-state index contributed by atoms with van der Waals surface area (Å²) >= 11 is 17.9. The second kappa shape index (κ2) is 57.2. The van der Waals surface area contributed by atoms with Gasteiger partial charge < -0.3 is 52.6 Å². The molecule has 3 aromatic rings. The van der Waals surface area contributed by atoms with Crippen molar-refractivity contribution in [3.8, 4) is 0 Å². The van der Waals surface area contributed by atoms with E-state index in [2.05, 4.69) is 60.1 Å². The van der Waals surface area contributed by atoms with E-state index in [-0.39, 0.29) is 78.5 Å². The number of esters is 7. The van der Waals surface area contributed by atoms with Gasteiger partial charge in [-0.2, -0.15) is 0 Å². The second-order valence-electron chi connectivity index (χ2n) is 28.0. The molecule has 0 fully saturated rings. The fraction of sp³-hybridized carbons (Fsp3) is 0.654. The lowest BCUT2D eigenvalue weighted by atomic mass is 9.81. The van der Waals surface area contributed by atoms with Crippen LogP contribution >= 0.6 is 34.8 Å². The van der Waals surface area contributed by atoms with Gasteiger partial charge >= 0.3 is 41.8 Å². The number of carbonyl (C=O) groups is 11. The Morgan fingerprint density at radius 2 is 0.789 bits per heavy atom. The van der Waals surface area contributed by atoms with Gasteiger partial charge in [0.2, 0.25) is 0 Å². The second-order valence-corrected chi connectivity index (χ2v) is 34.0. The summed E-state index contributed by atoms with van der Waals surface area (Å²) in [6, 6.07) is 10.2. The van der Waals surface area contributed by atoms with Crippen LogP contribution in [0.1, 0.15) is 263 Å². The summed E-state index contributed by atoms with van der Waals surface area (Å²) in [7, 11) is -1.95. The maximum Gasteiger partial charge on any atom is 0.323 e. The predicted octanol–water partition coefficient (Wildman–Crippen LogP) is 17.2. The van der Waals surface area contributed by atoms with Crippen LogP contribution in [0, 0.1) is 34.0 Å². The molecule has 2 N–H and O–H groups in total. The third kappa shape index (κ3) is 42.4. The normalized spacial score (nSPS) is 13.7. The number of unbranched alkanes of at least 4 members (excludes halogenated alkanes) is 2. The van der Waals surface area contributed by atoms with E-state index in [1.54, 1.807) is 111 Å². The number of pyridine rings is 3. The summed E-state index contributed by atoms with van der Waals surface area (Å²) in [6.07, 6.45) is 14.6. The fourth-order valence-electron chi connectivity index (χ4n) is 9.44. The molecule has 109 heavy (non-hydrogen) atoms. The lowest BCUT2D eigenvalue weighted by Gasteiger charge is -2.39. The van der Waals surface area contributed by atoms with Crippen molar-refractivity contribution in [2.45, 2.75) is 264 Å². The third-order valence-electron chi connectivity index (χ3n) is 18.0. The topological polar surface area (TPSA) is 341 Å². The summed E-state index contributed by atoms with van der Waals surface area (Å²) in [5.74, 6) is -4.24. The molecule has 0 saturated heterocycles. The molecular formula is C81H128Cl3N3O21Si. The molecule has 0 aromatic carbocycles. The Balaban J connectivity index is -0.00000127. The van der Waals surface area contributed by atoms with Crippen LogP contribution in [0.3, 0.4) is 0 Å². The molecular weight excluding hydrogens is 1490 g/mol. The molecule has 24 nitrogen and oxygen atoms in total. The zero-order valence-corrected chi connectivity index (χ0v) is 72.0. The number of hydrogen-bond donors (Lipinski definition) is 2. The van der Waals surface area contributed by atoms with Crippen LogP contribution in [0.5, 0.6) is 0 Å². The van der Waals surface area contributed by atoms with Crippen LogP contribution in [-0.2, 0) is 90.3 Å². The molecule has 3 heterocycles. The number of aldehydes is 1. The maximum atomic E-state index is 12.2. The zero-order chi connectivity index (χ0) is 84.3. The minimum Gasteiger partial charge on any atom is -0.466 e. The molecule has 8 atom stereocenters. The van der Waals surface area contributed by atoms with Gasteiger partial charge in [0.05, 0.1) is 93.5 Å². The first-order chi connectivity index (χ1) is 50.9. The highest BCUT2D eigenvalue weighted by molar-refractivity contribution is 6.74. The molecule has 0 amide bonds. The Bertz CT molecular complexity index is 3170. The number of nitrogens with zero attached hydrogens (tertiary/aromatic N) is 3. The molecule has 0 bridgehead atoms. The van der Waals surface area contributed by atoms with Gasteiger partial charge in [0, 0.05) is 40.1 Å². The number of halogens is 3. The first-order valence-electron chi connectivity index (χ1n) is 37.6. The van der Waals surface area contributed by atoms with Crippen molar-refractivity contribution >= 4 is 109 Å². The number of carbonyl (C=O) groups excluding carboxylic acids is 11. The van der Waals surface area contributed by atoms with Crippen molar-refractivity contribution in [2.24, 2.45) is 34.0 Å². The van der Waals surface area contributed by atoms with E-state index >= 15 is 0 Å². The van der Waals surface area contributed by atoms with Gasteiger partial charge in [-0.05, 0) is 241 Å². The first kappa shape index (κ1) is 106. The SMILES string of the molecule is C=CCCCC(C)(C(C)=O)C(=O)OCC.CCOC(=O)C(C)(CCCC(O)c1cc(Cl)ccn1)C(=O)OCC.CCOC(=O)C(C)(CCCC=O)C(C)=O.CCOC(=O)C(C)C(C)=O.CCOC(=O)C(C)CCCC(O)c1cc(Cl)ccn1.CCOC(=O)C(C)CCCC(O[Si](C)(C)C(C)(C)C)c1cc(Cl)ccn1. The summed E-state index contributed by atoms with van der Waals surface area (Å²) in [5, 5.41) is 22.0. The Kier molecular flexibility index (Phi) is 55.8. The van der Waals surface area contributed by atoms with Crippen molar-refractivity contribution in [3.63, 3.8) is 0 Å². The third-order valence-corrected chi connectivity index (χ3v) is 23.2. The molecule has 28 heteroatoms. The molecule has 3 rings (SSSR count). The van der Waals surface area contributed by atoms with Gasteiger partial charge in [0.25, 0.3) is 0 Å². The number of Topliss-reactive ketones (excluding diaryl/α,β-unsaturated/α-hetero) is 3. The van der Waals surface area contributed by atoms with Crippen LogP contribution in [-0.4, -0.2) is 145 Å². The largest absolute Gasteiger partial charge is 0.466 e. The van der Waals surface area contributed by atoms with Crippen LogP contribution in [0.25, 0.3) is 0 Å².